The number of carbonyl (C=O) groups is 1. The first-order valence-electron chi connectivity index (χ1n) is 6.24. The summed E-state index contributed by atoms with van der Waals surface area (Å²) in [4.78, 5) is 12.0. The Labute approximate surface area is 103 Å². The SMILES string of the molecule is CCC(CCN)NC(=O)C(C)c1ccccc1. The van der Waals surface area contributed by atoms with Gasteiger partial charge in [-0.15, -0.1) is 0 Å². The van der Waals surface area contributed by atoms with Crippen molar-refractivity contribution in [3.05, 3.63) is 35.9 Å². The standard InChI is InChI=1S/C14H22N2O/c1-3-13(9-10-15)16-14(17)11(2)12-7-5-4-6-8-12/h4-8,11,13H,3,9-10,15H2,1-2H3,(H,16,17). The molecule has 0 heterocycles. The molecule has 0 spiro atoms. The number of benzene rings is 1. The van der Waals surface area contributed by atoms with E-state index in [1.807, 2.05) is 37.3 Å². The third-order valence-electron chi connectivity index (χ3n) is 3.05. The predicted octanol–water partition coefficient (Wildman–Crippen LogP) is 2.03. The van der Waals surface area contributed by atoms with Gasteiger partial charge in [-0.3, -0.25) is 4.79 Å². The van der Waals surface area contributed by atoms with Crippen LogP contribution >= 0.6 is 0 Å². The van der Waals surface area contributed by atoms with Gasteiger partial charge in [-0.05, 0) is 31.9 Å². The third kappa shape index (κ3) is 4.19. The van der Waals surface area contributed by atoms with Gasteiger partial charge in [0, 0.05) is 6.04 Å². The smallest absolute Gasteiger partial charge is 0.227 e. The van der Waals surface area contributed by atoms with Crippen LogP contribution in [0.5, 0.6) is 0 Å². The van der Waals surface area contributed by atoms with Crippen molar-refractivity contribution in [2.24, 2.45) is 5.73 Å². The van der Waals surface area contributed by atoms with Crippen LogP contribution in [0.3, 0.4) is 0 Å². The van der Waals surface area contributed by atoms with Gasteiger partial charge in [-0.1, -0.05) is 37.3 Å². The summed E-state index contributed by atoms with van der Waals surface area (Å²) in [5, 5.41) is 3.05. The maximum absolute atomic E-state index is 12.0. The maximum Gasteiger partial charge on any atom is 0.227 e. The summed E-state index contributed by atoms with van der Waals surface area (Å²) in [7, 11) is 0. The number of rotatable bonds is 6. The number of nitrogens with one attached hydrogen (secondary N) is 1. The highest BCUT2D eigenvalue weighted by Gasteiger charge is 2.17. The topological polar surface area (TPSA) is 55.1 Å². The minimum atomic E-state index is -0.108. The van der Waals surface area contributed by atoms with Crippen molar-refractivity contribution in [1.82, 2.24) is 5.32 Å². The van der Waals surface area contributed by atoms with Crippen molar-refractivity contribution in [3.8, 4) is 0 Å². The fraction of sp³-hybridized carbons (Fsp3) is 0.500. The van der Waals surface area contributed by atoms with Crippen molar-refractivity contribution in [2.75, 3.05) is 6.54 Å². The second kappa shape index (κ2) is 7.07. The number of carbonyl (C=O) groups excluding carboxylic acids is 1. The molecule has 3 heteroatoms. The van der Waals surface area contributed by atoms with Gasteiger partial charge in [-0.25, -0.2) is 0 Å². The molecule has 0 saturated heterocycles. The van der Waals surface area contributed by atoms with E-state index in [4.69, 9.17) is 5.73 Å². The molecule has 1 rings (SSSR count). The van der Waals surface area contributed by atoms with Gasteiger partial charge in [0.2, 0.25) is 5.91 Å². The quantitative estimate of drug-likeness (QED) is 0.791. The lowest BCUT2D eigenvalue weighted by Gasteiger charge is -2.19. The molecule has 0 aliphatic rings. The zero-order valence-electron chi connectivity index (χ0n) is 10.6. The van der Waals surface area contributed by atoms with Crippen LogP contribution in [0.15, 0.2) is 30.3 Å². The Bertz CT molecular complexity index is 337. The molecular formula is C14H22N2O. The summed E-state index contributed by atoms with van der Waals surface area (Å²) in [5.41, 5.74) is 6.57. The molecule has 1 aromatic rings. The summed E-state index contributed by atoms with van der Waals surface area (Å²) in [5.74, 6) is -0.0282. The molecule has 0 fully saturated rings. The molecule has 0 saturated carbocycles. The molecule has 1 aromatic carbocycles. The number of amides is 1. The van der Waals surface area contributed by atoms with Gasteiger partial charge in [0.15, 0.2) is 0 Å². The summed E-state index contributed by atoms with van der Waals surface area (Å²) in [6.07, 6.45) is 1.76. The van der Waals surface area contributed by atoms with E-state index in [0.717, 1.165) is 18.4 Å². The van der Waals surface area contributed by atoms with Crippen LogP contribution in [0.2, 0.25) is 0 Å². The van der Waals surface area contributed by atoms with Crippen molar-refractivity contribution in [2.45, 2.75) is 38.6 Å². The van der Waals surface area contributed by atoms with Crippen LogP contribution in [-0.4, -0.2) is 18.5 Å². The van der Waals surface area contributed by atoms with Gasteiger partial charge in [0.25, 0.3) is 0 Å². The van der Waals surface area contributed by atoms with E-state index in [0.29, 0.717) is 6.54 Å². The third-order valence-corrected chi connectivity index (χ3v) is 3.05. The minimum absolute atomic E-state index is 0.0801. The predicted molar refractivity (Wildman–Crippen MR) is 70.8 cm³/mol. The summed E-state index contributed by atoms with van der Waals surface area (Å²) >= 11 is 0. The zero-order valence-corrected chi connectivity index (χ0v) is 10.6. The molecule has 3 nitrogen and oxygen atoms in total. The van der Waals surface area contributed by atoms with Crippen molar-refractivity contribution in [3.63, 3.8) is 0 Å². The van der Waals surface area contributed by atoms with Gasteiger partial charge >= 0.3 is 0 Å². The van der Waals surface area contributed by atoms with E-state index in [-0.39, 0.29) is 17.9 Å². The minimum Gasteiger partial charge on any atom is -0.353 e. The average Bonchev–Trinajstić information content (AvgIpc) is 2.38. The fourth-order valence-electron chi connectivity index (χ4n) is 1.80. The number of nitrogens with two attached hydrogens (primary N) is 1. The average molecular weight is 234 g/mol. The fourth-order valence-corrected chi connectivity index (χ4v) is 1.80. The first-order valence-corrected chi connectivity index (χ1v) is 6.24. The molecule has 0 bridgehead atoms. The Balaban J connectivity index is 2.58. The molecule has 0 aromatic heterocycles. The van der Waals surface area contributed by atoms with E-state index in [1.165, 1.54) is 0 Å². The van der Waals surface area contributed by atoms with E-state index < -0.39 is 0 Å². The zero-order chi connectivity index (χ0) is 12.7. The first-order chi connectivity index (χ1) is 8.19. The molecule has 0 aliphatic heterocycles. The number of hydrogen-bond acceptors (Lipinski definition) is 2. The lowest BCUT2D eigenvalue weighted by Crippen LogP contribution is -2.38. The highest BCUT2D eigenvalue weighted by Crippen LogP contribution is 2.15. The Morgan fingerprint density at radius 2 is 2.00 bits per heavy atom. The van der Waals surface area contributed by atoms with Crippen LogP contribution in [-0.2, 0) is 4.79 Å². The van der Waals surface area contributed by atoms with Crippen LogP contribution in [0, 0.1) is 0 Å². The molecule has 3 N–H and O–H groups in total. The molecule has 0 radical (unpaired) electrons. The highest BCUT2D eigenvalue weighted by atomic mass is 16.1. The van der Waals surface area contributed by atoms with Gasteiger partial charge in [-0.2, -0.15) is 0 Å². The lowest BCUT2D eigenvalue weighted by atomic mass is 9.99. The van der Waals surface area contributed by atoms with Crippen LogP contribution in [0.4, 0.5) is 0 Å². The molecule has 17 heavy (non-hydrogen) atoms. The van der Waals surface area contributed by atoms with E-state index >= 15 is 0 Å². The normalized spacial score (nSPS) is 14.1. The van der Waals surface area contributed by atoms with Crippen molar-refractivity contribution >= 4 is 5.91 Å². The number of hydrogen-bond donors (Lipinski definition) is 2. The van der Waals surface area contributed by atoms with E-state index in [9.17, 15) is 4.79 Å². The Hall–Kier alpha value is -1.35. The van der Waals surface area contributed by atoms with Gasteiger partial charge in [0.05, 0.1) is 5.92 Å². The lowest BCUT2D eigenvalue weighted by molar-refractivity contribution is -0.123. The van der Waals surface area contributed by atoms with Crippen LogP contribution in [0.1, 0.15) is 38.2 Å². The largest absolute Gasteiger partial charge is 0.353 e. The van der Waals surface area contributed by atoms with Gasteiger partial charge in [0.1, 0.15) is 0 Å². The van der Waals surface area contributed by atoms with E-state index in [1.54, 1.807) is 0 Å². The Morgan fingerprint density at radius 3 is 2.53 bits per heavy atom. The molecule has 94 valence electrons. The maximum atomic E-state index is 12.0. The second-order valence-electron chi connectivity index (χ2n) is 4.32. The van der Waals surface area contributed by atoms with E-state index in [2.05, 4.69) is 12.2 Å². The summed E-state index contributed by atoms with van der Waals surface area (Å²) in [6.45, 7) is 4.60. The molecule has 0 aliphatic carbocycles. The van der Waals surface area contributed by atoms with Crippen molar-refractivity contribution in [1.29, 1.82) is 0 Å². The Kier molecular flexibility index (Phi) is 5.70. The molecular weight excluding hydrogens is 212 g/mol. The summed E-state index contributed by atoms with van der Waals surface area (Å²) < 4.78 is 0. The van der Waals surface area contributed by atoms with Crippen molar-refractivity contribution < 1.29 is 4.79 Å². The monoisotopic (exact) mass is 234 g/mol. The van der Waals surface area contributed by atoms with Crippen LogP contribution < -0.4 is 11.1 Å². The van der Waals surface area contributed by atoms with Crippen LogP contribution in [0.25, 0.3) is 0 Å². The molecule has 1 amide bonds. The molecule has 2 atom stereocenters. The summed E-state index contributed by atoms with van der Waals surface area (Å²) in [6, 6.07) is 10.0. The first kappa shape index (κ1) is 13.7. The van der Waals surface area contributed by atoms with Gasteiger partial charge < -0.3 is 11.1 Å². The highest BCUT2D eigenvalue weighted by molar-refractivity contribution is 5.83. The molecule has 2 unspecified atom stereocenters. The Morgan fingerprint density at radius 1 is 1.35 bits per heavy atom. The second-order valence-corrected chi connectivity index (χ2v) is 4.32.